The summed E-state index contributed by atoms with van der Waals surface area (Å²) >= 11 is 2.03. The molecule has 0 aromatic heterocycles. The third-order valence-corrected chi connectivity index (χ3v) is 4.66. The highest BCUT2D eigenvalue weighted by Gasteiger charge is 2.22. The molecular weight excluding hydrogens is 274 g/mol. The van der Waals surface area contributed by atoms with Gasteiger partial charge < -0.3 is 5.32 Å². The molecule has 1 aliphatic heterocycles. The summed E-state index contributed by atoms with van der Waals surface area (Å²) in [6.07, 6.45) is 0. The molecule has 5 nitrogen and oxygen atoms in total. The van der Waals surface area contributed by atoms with Crippen LogP contribution in [0, 0.1) is 10.1 Å². The second-order valence-electron chi connectivity index (χ2n) is 5.31. The minimum Gasteiger partial charge on any atom is -0.383 e. The van der Waals surface area contributed by atoms with Crippen LogP contribution in [0.4, 0.5) is 11.4 Å². The topological polar surface area (TPSA) is 58.4 Å². The molecule has 0 radical (unpaired) electrons. The van der Waals surface area contributed by atoms with Crippen LogP contribution in [0.25, 0.3) is 0 Å². The van der Waals surface area contributed by atoms with Gasteiger partial charge in [-0.25, -0.2) is 0 Å². The van der Waals surface area contributed by atoms with Crippen molar-refractivity contribution in [2.24, 2.45) is 0 Å². The van der Waals surface area contributed by atoms with Crippen LogP contribution in [0.5, 0.6) is 0 Å². The summed E-state index contributed by atoms with van der Waals surface area (Å²) < 4.78 is 0. The van der Waals surface area contributed by atoms with Gasteiger partial charge in [0.25, 0.3) is 5.69 Å². The zero-order chi connectivity index (χ0) is 14.7. The van der Waals surface area contributed by atoms with E-state index in [0.717, 1.165) is 25.2 Å². The van der Waals surface area contributed by atoms with Crippen molar-refractivity contribution in [3.8, 4) is 0 Å². The third-order valence-electron chi connectivity index (χ3n) is 3.43. The number of thioether (sulfide) groups is 1. The van der Waals surface area contributed by atoms with E-state index in [2.05, 4.69) is 24.1 Å². The van der Waals surface area contributed by atoms with Crippen LogP contribution in [-0.2, 0) is 6.54 Å². The summed E-state index contributed by atoms with van der Waals surface area (Å²) in [6, 6.07) is 5.33. The zero-order valence-electron chi connectivity index (χ0n) is 12.1. The van der Waals surface area contributed by atoms with Crippen molar-refractivity contribution in [3.63, 3.8) is 0 Å². The van der Waals surface area contributed by atoms with Crippen molar-refractivity contribution in [1.29, 1.82) is 0 Å². The molecule has 1 N–H and O–H groups in total. The highest BCUT2D eigenvalue weighted by molar-refractivity contribution is 8.00. The Kier molecular flexibility index (Phi) is 4.88. The van der Waals surface area contributed by atoms with Crippen molar-refractivity contribution in [1.82, 2.24) is 4.90 Å². The van der Waals surface area contributed by atoms with E-state index in [4.69, 9.17) is 0 Å². The Morgan fingerprint density at radius 3 is 2.60 bits per heavy atom. The molecule has 1 saturated heterocycles. The van der Waals surface area contributed by atoms with Crippen LogP contribution in [0.15, 0.2) is 18.2 Å². The summed E-state index contributed by atoms with van der Waals surface area (Å²) in [5.74, 6) is 0. The van der Waals surface area contributed by atoms with Gasteiger partial charge in [-0.15, -0.1) is 0 Å². The Labute approximate surface area is 123 Å². The molecule has 0 saturated carbocycles. The fourth-order valence-corrected chi connectivity index (χ4v) is 4.10. The molecule has 1 aromatic rings. The maximum Gasteiger partial charge on any atom is 0.292 e. The molecule has 0 bridgehead atoms. The van der Waals surface area contributed by atoms with E-state index in [0.29, 0.717) is 16.2 Å². The number of nitro groups is 1. The molecule has 1 aromatic carbocycles. The molecule has 2 unspecified atom stereocenters. The number of nitro benzene ring substituents is 1. The smallest absolute Gasteiger partial charge is 0.292 e. The van der Waals surface area contributed by atoms with Crippen molar-refractivity contribution in [2.75, 3.05) is 25.5 Å². The average Bonchev–Trinajstić information content (AvgIpc) is 2.37. The first-order valence-corrected chi connectivity index (χ1v) is 7.76. The van der Waals surface area contributed by atoms with Gasteiger partial charge in [0.2, 0.25) is 0 Å². The fourth-order valence-electron chi connectivity index (χ4n) is 2.71. The number of nitrogens with one attached hydrogen (secondary N) is 1. The van der Waals surface area contributed by atoms with Gasteiger partial charge in [0.1, 0.15) is 5.69 Å². The Bertz CT molecular complexity index is 485. The number of hydrogen-bond acceptors (Lipinski definition) is 5. The lowest BCUT2D eigenvalue weighted by atomic mass is 10.1. The van der Waals surface area contributed by atoms with Crippen molar-refractivity contribution >= 4 is 23.1 Å². The van der Waals surface area contributed by atoms with E-state index in [1.54, 1.807) is 13.1 Å². The second-order valence-corrected chi connectivity index (χ2v) is 7.19. The number of rotatable bonds is 4. The average molecular weight is 295 g/mol. The standard InChI is InChI=1S/C14H21N3O2S/c1-10-7-16(8-11(2)20-10)9-12-4-5-14(17(18)19)13(6-12)15-3/h4-6,10-11,15H,7-9H2,1-3H3. The van der Waals surface area contributed by atoms with Crippen LogP contribution in [0.1, 0.15) is 19.4 Å². The largest absolute Gasteiger partial charge is 0.383 e. The lowest BCUT2D eigenvalue weighted by Crippen LogP contribution is -2.39. The molecule has 0 amide bonds. The highest BCUT2D eigenvalue weighted by Crippen LogP contribution is 2.28. The van der Waals surface area contributed by atoms with Gasteiger partial charge in [-0.2, -0.15) is 11.8 Å². The van der Waals surface area contributed by atoms with Gasteiger partial charge in [-0.1, -0.05) is 19.9 Å². The van der Waals surface area contributed by atoms with E-state index in [9.17, 15) is 10.1 Å². The predicted octanol–water partition coefficient (Wildman–Crippen LogP) is 2.96. The van der Waals surface area contributed by atoms with Gasteiger partial charge in [0.05, 0.1) is 4.92 Å². The first kappa shape index (κ1) is 15.1. The zero-order valence-corrected chi connectivity index (χ0v) is 12.9. The van der Waals surface area contributed by atoms with Crippen LogP contribution in [0.3, 0.4) is 0 Å². The summed E-state index contributed by atoms with van der Waals surface area (Å²) in [7, 11) is 1.72. The van der Waals surface area contributed by atoms with Crippen LogP contribution in [0.2, 0.25) is 0 Å². The van der Waals surface area contributed by atoms with E-state index in [1.165, 1.54) is 0 Å². The van der Waals surface area contributed by atoms with Crippen molar-refractivity contribution < 1.29 is 4.92 Å². The van der Waals surface area contributed by atoms with Gasteiger partial charge in [-0.3, -0.25) is 15.0 Å². The second kappa shape index (κ2) is 6.45. The Morgan fingerprint density at radius 1 is 1.40 bits per heavy atom. The van der Waals surface area contributed by atoms with Gasteiger partial charge in [0, 0.05) is 43.2 Å². The molecule has 0 spiro atoms. The molecule has 1 fully saturated rings. The van der Waals surface area contributed by atoms with Crippen molar-refractivity contribution in [2.45, 2.75) is 30.9 Å². The highest BCUT2D eigenvalue weighted by atomic mass is 32.2. The Morgan fingerprint density at radius 2 is 2.05 bits per heavy atom. The van der Waals surface area contributed by atoms with Gasteiger partial charge in [0.15, 0.2) is 0 Å². The Balaban J connectivity index is 2.11. The van der Waals surface area contributed by atoms with Crippen LogP contribution in [-0.4, -0.2) is 40.5 Å². The van der Waals surface area contributed by atoms with Crippen LogP contribution >= 0.6 is 11.8 Å². The molecule has 0 aliphatic carbocycles. The van der Waals surface area contributed by atoms with E-state index >= 15 is 0 Å². The molecule has 2 rings (SSSR count). The SMILES string of the molecule is CNc1cc(CN2CC(C)SC(C)C2)ccc1[N+](=O)[O-]. The predicted molar refractivity (Wildman–Crippen MR) is 84.4 cm³/mol. The lowest BCUT2D eigenvalue weighted by Gasteiger charge is -2.34. The van der Waals surface area contributed by atoms with Crippen molar-refractivity contribution in [3.05, 3.63) is 33.9 Å². The third kappa shape index (κ3) is 3.64. The summed E-state index contributed by atoms with van der Waals surface area (Å²) in [4.78, 5) is 13.0. The lowest BCUT2D eigenvalue weighted by molar-refractivity contribution is -0.384. The monoisotopic (exact) mass is 295 g/mol. The molecule has 6 heteroatoms. The van der Waals surface area contributed by atoms with E-state index in [-0.39, 0.29) is 10.6 Å². The first-order valence-electron chi connectivity index (χ1n) is 6.82. The molecule has 1 heterocycles. The number of nitrogens with zero attached hydrogens (tertiary/aromatic N) is 2. The van der Waals surface area contributed by atoms with Gasteiger partial charge >= 0.3 is 0 Å². The molecule has 110 valence electrons. The molecular formula is C14H21N3O2S. The molecule has 1 aliphatic rings. The first-order chi connectivity index (χ1) is 9.49. The molecule has 2 atom stereocenters. The molecule has 20 heavy (non-hydrogen) atoms. The minimum atomic E-state index is -0.350. The van der Waals surface area contributed by atoms with E-state index < -0.39 is 0 Å². The fraction of sp³-hybridized carbons (Fsp3) is 0.571. The van der Waals surface area contributed by atoms with Gasteiger partial charge in [-0.05, 0) is 11.6 Å². The minimum absolute atomic E-state index is 0.132. The quantitative estimate of drug-likeness (QED) is 0.683. The van der Waals surface area contributed by atoms with Crippen LogP contribution < -0.4 is 5.32 Å². The number of hydrogen-bond donors (Lipinski definition) is 1. The summed E-state index contributed by atoms with van der Waals surface area (Å²) in [6.45, 7) is 7.49. The number of anilines is 1. The normalized spacial score (nSPS) is 23.6. The summed E-state index contributed by atoms with van der Waals surface area (Å²) in [5.41, 5.74) is 1.83. The van der Waals surface area contributed by atoms with E-state index in [1.807, 2.05) is 23.9 Å². The maximum absolute atomic E-state index is 10.9. The summed E-state index contributed by atoms with van der Waals surface area (Å²) in [5, 5.41) is 15.1. The maximum atomic E-state index is 10.9. The Hall–Kier alpha value is -1.27. The number of benzene rings is 1.